The molecular formula is C64H114O6. The highest BCUT2D eigenvalue weighted by Gasteiger charge is 2.19. The Morgan fingerprint density at radius 2 is 0.586 bits per heavy atom. The first kappa shape index (κ1) is 67.1. The number of carbonyl (C=O) groups is 3. The third kappa shape index (κ3) is 56.0. The minimum Gasteiger partial charge on any atom is -0.462 e. The van der Waals surface area contributed by atoms with Gasteiger partial charge in [-0.3, -0.25) is 14.4 Å². The summed E-state index contributed by atoms with van der Waals surface area (Å²) in [6.45, 7) is 6.49. The van der Waals surface area contributed by atoms with Crippen molar-refractivity contribution < 1.29 is 28.6 Å². The zero-order valence-corrected chi connectivity index (χ0v) is 46.5. The van der Waals surface area contributed by atoms with Crippen molar-refractivity contribution >= 4 is 17.9 Å². The van der Waals surface area contributed by atoms with Gasteiger partial charge in [-0.1, -0.05) is 281 Å². The number of hydrogen-bond donors (Lipinski definition) is 0. The molecular weight excluding hydrogens is 865 g/mol. The Morgan fingerprint density at radius 1 is 0.300 bits per heavy atom. The Morgan fingerprint density at radius 3 is 0.929 bits per heavy atom. The number of carbonyl (C=O) groups excluding carboxylic acids is 3. The lowest BCUT2D eigenvalue weighted by molar-refractivity contribution is -0.166. The lowest BCUT2D eigenvalue weighted by Crippen LogP contribution is -2.30. The Bertz CT molecular complexity index is 1260. The van der Waals surface area contributed by atoms with Crippen LogP contribution in [0.2, 0.25) is 0 Å². The van der Waals surface area contributed by atoms with E-state index in [2.05, 4.69) is 75.5 Å². The lowest BCUT2D eigenvalue weighted by Gasteiger charge is -2.18. The maximum absolute atomic E-state index is 12.8. The summed E-state index contributed by atoms with van der Waals surface area (Å²) in [5.41, 5.74) is 0. The molecule has 0 N–H and O–H groups in total. The van der Waals surface area contributed by atoms with Crippen LogP contribution in [-0.2, 0) is 28.6 Å². The van der Waals surface area contributed by atoms with Crippen LogP contribution in [0.4, 0.5) is 0 Å². The summed E-state index contributed by atoms with van der Waals surface area (Å²) in [5, 5.41) is 0. The molecule has 6 nitrogen and oxygen atoms in total. The van der Waals surface area contributed by atoms with Crippen LogP contribution in [0.1, 0.15) is 310 Å². The molecule has 0 rings (SSSR count). The van der Waals surface area contributed by atoms with Gasteiger partial charge in [-0.05, 0) is 70.6 Å². The molecule has 0 aliphatic heterocycles. The van der Waals surface area contributed by atoms with Gasteiger partial charge >= 0.3 is 17.9 Å². The largest absolute Gasteiger partial charge is 0.462 e. The first-order chi connectivity index (χ1) is 34.5. The molecule has 0 aliphatic carbocycles. The summed E-state index contributed by atoms with van der Waals surface area (Å²) >= 11 is 0. The zero-order chi connectivity index (χ0) is 50.7. The van der Waals surface area contributed by atoms with E-state index in [0.717, 1.165) is 64.2 Å². The van der Waals surface area contributed by atoms with Crippen molar-refractivity contribution in [1.29, 1.82) is 0 Å². The number of rotatable bonds is 55. The molecule has 0 amide bonds. The highest BCUT2D eigenvalue weighted by atomic mass is 16.6. The van der Waals surface area contributed by atoms with Gasteiger partial charge in [0, 0.05) is 19.3 Å². The summed E-state index contributed by atoms with van der Waals surface area (Å²) in [6, 6.07) is 0. The van der Waals surface area contributed by atoms with Crippen LogP contribution >= 0.6 is 0 Å². The van der Waals surface area contributed by atoms with Crippen molar-refractivity contribution in [3.05, 3.63) is 60.8 Å². The van der Waals surface area contributed by atoms with Crippen molar-refractivity contribution in [2.75, 3.05) is 13.2 Å². The Balaban J connectivity index is 4.21. The van der Waals surface area contributed by atoms with Gasteiger partial charge in [0.25, 0.3) is 0 Å². The van der Waals surface area contributed by atoms with E-state index in [1.54, 1.807) is 0 Å². The van der Waals surface area contributed by atoms with E-state index in [0.29, 0.717) is 19.3 Å². The van der Waals surface area contributed by atoms with Gasteiger partial charge < -0.3 is 14.2 Å². The number of esters is 3. The average Bonchev–Trinajstić information content (AvgIpc) is 3.36. The average molecular weight is 980 g/mol. The molecule has 0 aromatic carbocycles. The fourth-order valence-electron chi connectivity index (χ4n) is 8.75. The fourth-order valence-corrected chi connectivity index (χ4v) is 8.75. The molecule has 70 heavy (non-hydrogen) atoms. The predicted molar refractivity (Wildman–Crippen MR) is 302 cm³/mol. The molecule has 0 spiro atoms. The summed E-state index contributed by atoms with van der Waals surface area (Å²) in [4.78, 5) is 38.1. The van der Waals surface area contributed by atoms with Crippen molar-refractivity contribution in [2.24, 2.45) is 0 Å². The van der Waals surface area contributed by atoms with Crippen LogP contribution in [0.25, 0.3) is 0 Å². The smallest absolute Gasteiger partial charge is 0.306 e. The number of unbranched alkanes of at least 4 members (excludes halogenated alkanes) is 34. The highest BCUT2D eigenvalue weighted by molar-refractivity contribution is 5.71. The van der Waals surface area contributed by atoms with Gasteiger partial charge in [-0.2, -0.15) is 0 Å². The zero-order valence-electron chi connectivity index (χ0n) is 46.5. The van der Waals surface area contributed by atoms with E-state index in [-0.39, 0.29) is 37.5 Å². The standard InChI is InChI=1S/C64H114O6/c1-4-7-10-13-16-19-22-25-26-27-28-29-30-31-32-33-34-35-36-37-38-40-42-45-48-51-54-57-63(66)69-60-61(59-68-62(65)56-53-50-47-44-41-24-21-18-15-12-9-6-3)70-64(67)58-55-52-49-46-43-39-23-20-17-14-11-8-5-2/h8,11,17,20,27-28,39,43,49,52,61H,4-7,9-10,12-16,18-19,21-26,29-38,40-42,44-48,50-51,53-60H2,1-3H3/b11-8-,20-17-,28-27-,43-39-,52-49-. The van der Waals surface area contributed by atoms with Gasteiger partial charge in [0.05, 0.1) is 0 Å². The van der Waals surface area contributed by atoms with Crippen LogP contribution in [0.15, 0.2) is 60.8 Å². The van der Waals surface area contributed by atoms with Crippen molar-refractivity contribution in [3.8, 4) is 0 Å². The second kappa shape index (κ2) is 58.7. The molecule has 1 unspecified atom stereocenters. The van der Waals surface area contributed by atoms with Gasteiger partial charge in [-0.25, -0.2) is 0 Å². The SMILES string of the molecule is CC/C=C\C/C=C\C/C=C\C/C=C\CCC(=O)OC(COC(=O)CCCCCCCCCCCCCC)COC(=O)CCCCCCCCCCCCCCCCC/C=C\CCCCCCCCCC. The Labute approximate surface area is 434 Å². The lowest BCUT2D eigenvalue weighted by atomic mass is 10.0. The molecule has 0 aromatic heterocycles. The van der Waals surface area contributed by atoms with E-state index in [1.165, 1.54) is 199 Å². The monoisotopic (exact) mass is 979 g/mol. The molecule has 6 heteroatoms. The number of hydrogen-bond acceptors (Lipinski definition) is 6. The molecule has 0 heterocycles. The predicted octanol–water partition coefficient (Wildman–Crippen LogP) is 20.4. The maximum Gasteiger partial charge on any atom is 0.306 e. The minimum absolute atomic E-state index is 0.0994. The van der Waals surface area contributed by atoms with Crippen molar-refractivity contribution in [3.63, 3.8) is 0 Å². The maximum atomic E-state index is 12.8. The van der Waals surface area contributed by atoms with Crippen LogP contribution in [0.3, 0.4) is 0 Å². The highest BCUT2D eigenvalue weighted by Crippen LogP contribution is 2.17. The van der Waals surface area contributed by atoms with Crippen molar-refractivity contribution in [1.82, 2.24) is 0 Å². The second-order valence-corrected chi connectivity index (χ2v) is 20.2. The third-order valence-corrected chi connectivity index (χ3v) is 13.3. The Hall–Kier alpha value is -2.89. The van der Waals surface area contributed by atoms with Gasteiger partial charge in [-0.15, -0.1) is 0 Å². The molecule has 0 aliphatic rings. The summed E-state index contributed by atoms with van der Waals surface area (Å²) in [5.74, 6) is -0.969. The topological polar surface area (TPSA) is 78.9 Å². The first-order valence-corrected chi connectivity index (χ1v) is 30.3. The quantitative estimate of drug-likeness (QED) is 0.0261. The number of allylic oxidation sites excluding steroid dienone is 10. The van der Waals surface area contributed by atoms with Crippen LogP contribution < -0.4 is 0 Å². The molecule has 1 atom stereocenters. The normalized spacial score (nSPS) is 12.4. The van der Waals surface area contributed by atoms with E-state index in [1.807, 2.05) is 6.08 Å². The molecule has 0 radical (unpaired) electrons. The molecule has 0 saturated carbocycles. The van der Waals surface area contributed by atoms with Crippen LogP contribution in [0.5, 0.6) is 0 Å². The molecule has 0 aromatic rings. The number of ether oxygens (including phenoxy) is 3. The van der Waals surface area contributed by atoms with Gasteiger partial charge in [0.1, 0.15) is 13.2 Å². The summed E-state index contributed by atoms with van der Waals surface area (Å²) in [6.07, 6.45) is 74.0. The molecule has 0 bridgehead atoms. The summed E-state index contributed by atoms with van der Waals surface area (Å²) < 4.78 is 16.8. The molecule has 406 valence electrons. The van der Waals surface area contributed by atoms with E-state index >= 15 is 0 Å². The van der Waals surface area contributed by atoms with Gasteiger partial charge in [0.2, 0.25) is 0 Å². The summed E-state index contributed by atoms with van der Waals surface area (Å²) in [7, 11) is 0. The second-order valence-electron chi connectivity index (χ2n) is 20.2. The Kier molecular flexibility index (Phi) is 56.3. The first-order valence-electron chi connectivity index (χ1n) is 30.3. The van der Waals surface area contributed by atoms with Crippen molar-refractivity contribution in [2.45, 2.75) is 316 Å². The molecule has 0 fully saturated rings. The molecule has 0 saturated heterocycles. The van der Waals surface area contributed by atoms with Crippen LogP contribution in [0, 0.1) is 0 Å². The van der Waals surface area contributed by atoms with Crippen LogP contribution in [-0.4, -0.2) is 37.2 Å². The van der Waals surface area contributed by atoms with E-state index < -0.39 is 6.10 Å². The fraction of sp³-hybridized carbons (Fsp3) is 0.797. The minimum atomic E-state index is -0.809. The van der Waals surface area contributed by atoms with Gasteiger partial charge in [0.15, 0.2) is 6.10 Å². The third-order valence-electron chi connectivity index (χ3n) is 13.3. The van der Waals surface area contributed by atoms with E-state index in [4.69, 9.17) is 14.2 Å². The van der Waals surface area contributed by atoms with E-state index in [9.17, 15) is 14.4 Å².